The van der Waals surface area contributed by atoms with Gasteiger partial charge >= 0.3 is 0 Å². The third kappa shape index (κ3) is 4.74. The molecule has 1 saturated heterocycles. The number of benzene rings is 2. The van der Waals surface area contributed by atoms with Crippen LogP contribution in [0.4, 0.5) is 0 Å². The second-order valence-electron chi connectivity index (χ2n) is 6.95. The molecule has 3 rings (SSSR count). The van der Waals surface area contributed by atoms with Gasteiger partial charge in [-0.15, -0.1) is 0 Å². The number of likely N-dealkylation sites (N-methyl/N-ethyl adjacent to an activating group) is 1. The first kappa shape index (κ1) is 19.1. The molecule has 2 aromatic rings. The van der Waals surface area contributed by atoms with Crippen LogP contribution in [-0.4, -0.2) is 66.3 Å². The summed E-state index contributed by atoms with van der Waals surface area (Å²) in [5, 5.41) is 0. The lowest BCUT2D eigenvalue weighted by Gasteiger charge is -2.34. The van der Waals surface area contributed by atoms with Crippen molar-refractivity contribution in [3.8, 4) is 0 Å². The van der Waals surface area contributed by atoms with Crippen LogP contribution >= 0.6 is 0 Å². The van der Waals surface area contributed by atoms with Crippen LogP contribution in [0, 0.1) is 0 Å². The van der Waals surface area contributed by atoms with E-state index in [0.717, 1.165) is 38.3 Å². The summed E-state index contributed by atoms with van der Waals surface area (Å²) in [4.78, 5) is 31.2. The molecule has 0 aromatic heterocycles. The van der Waals surface area contributed by atoms with E-state index in [4.69, 9.17) is 0 Å². The maximum Gasteiger partial charge on any atom is 0.253 e. The molecular formula is C22H27N3O2. The van der Waals surface area contributed by atoms with E-state index >= 15 is 0 Å². The molecule has 2 aromatic carbocycles. The lowest BCUT2D eigenvalue weighted by molar-refractivity contribution is 0.0642. The summed E-state index contributed by atoms with van der Waals surface area (Å²) in [6.07, 6.45) is 0. The average molecular weight is 365 g/mol. The third-order valence-electron chi connectivity index (χ3n) is 5.09. The van der Waals surface area contributed by atoms with E-state index < -0.39 is 0 Å². The molecule has 0 aliphatic carbocycles. The Bertz CT molecular complexity index is 766. The van der Waals surface area contributed by atoms with Crippen LogP contribution < -0.4 is 0 Å². The largest absolute Gasteiger partial charge is 0.337 e. The minimum atomic E-state index is -0.0468. The van der Waals surface area contributed by atoms with Gasteiger partial charge in [0.25, 0.3) is 11.8 Å². The van der Waals surface area contributed by atoms with Crippen molar-refractivity contribution >= 4 is 11.8 Å². The van der Waals surface area contributed by atoms with Gasteiger partial charge in [-0.05, 0) is 36.4 Å². The molecule has 0 bridgehead atoms. The highest BCUT2D eigenvalue weighted by Crippen LogP contribution is 2.13. The molecule has 1 heterocycles. The first-order chi connectivity index (χ1) is 13.1. The Morgan fingerprint density at radius 2 is 1.48 bits per heavy atom. The Kier molecular flexibility index (Phi) is 6.24. The number of hydrogen-bond acceptors (Lipinski definition) is 3. The van der Waals surface area contributed by atoms with Crippen LogP contribution in [0.15, 0.2) is 54.6 Å². The van der Waals surface area contributed by atoms with E-state index in [-0.39, 0.29) is 11.8 Å². The Morgan fingerprint density at radius 3 is 2.07 bits per heavy atom. The fourth-order valence-corrected chi connectivity index (χ4v) is 3.35. The van der Waals surface area contributed by atoms with Crippen LogP contribution in [0.1, 0.15) is 33.2 Å². The molecular weight excluding hydrogens is 338 g/mol. The van der Waals surface area contributed by atoms with Crippen molar-refractivity contribution in [3.63, 3.8) is 0 Å². The van der Waals surface area contributed by atoms with Crippen molar-refractivity contribution in [2.45, 2.75) is 13.5 Å². The Labute approximate surface area is 161 Å². The normalized spacial score (nSPS) is 14.8. The Balaban J connectivity index is 1.61. The standard InChI is InChI=1S/C22H27N3O2/c1-3-24-13-15-25(16-14-24)22(27)20-11-9-19(10-12-20)21(26)23(2)17-18-7-5-4-6-8-18/h4-12H,3,13-17H2,1-2H3. The highest BCUT2D eigenvalue weighted by Gasteiger charge is 2.21. The second kappa shape index (κ2) is 8.82. The van der Waals surface area contributed by atoms with Crippen molar-refractivity contribution in [2.75, 3.05) is 39.8 Å². The van der Waals surface area contributed by atoms with E-state index in [0.29, 0.717) is 17.7 Å². The van der Waals surface area contributed by atoms with Crippen LogP contribution in [0.25, 0.3) is 0 Å². The number of carbonyl (C=O) groups is 2. The van der Waals surface area contributed by atoms with E-state index in [1.807, 2.05) is 35.2 Å². The van der Waals surface area contributed by atoms with Crippen molar-refractivity contribution in [1.82, 2.24) is 14.7 Å². The summed E-state index contributed by atoms with van der Waals surface area (Å²) < 4.78 is 0. The highest BCUT2D eigenvalue weighted by atomic mass is 16.2. The maximum absolute atomic E-state index is 12.7. The molecule has 0 atom stereocenters. The molecule has 0 saturated carbocycles. The molecule has 0 unspecified atom stereocenters. The third-order valence-corrected chi connectivity index (χ3v) is 5.09. The zero-order valence-electron chi connectivity index (χ0n) is 16.1. The predicted molar refractivity (Wildman–Crippen MR) is 107 cm³/mol. The molecule has 5 heteroatoms. The van der Waals surface area contributed by atoms with Gasteiger partial charge in [0.15, 0.2) is 0 Å². The fourth-order valence-electron chi connectivity index (χ4n) is 3.35. The molecule has 1 aliphatic heterocycles. The van der Waals surface area contributed by atoms with Gasteiger partial charge in [0.2, 0.25) is 0 Å². The minimum Gasteiger partial charge on any atom is -0.337 e. The average Bonchev–Trinajstić information content (AvgIpc) is 2.73. The van der Waals surface area contributed by atoms with Crippen molar-refractivity contribution in [1.29, 1.82) is 0 Å². The van der Waals surface area contributed by atoms with Gasteiger partial charge in [0.05, 0.1) is 0 Å². The summed E-state index contributed by atoms with van der Waals surface area (Å²) >= 11 is 0. The van der Waals surface area contributed by atoms with Crippen molar-refractivity contribution in [3.05, 3.63) is 71.3 Å². The summed E-state index contributed by atoms with van der Waals surface area (Å²) in [6.45, 7) is 7.08. The van der Waals surface area contributed by atoms with E-state index in [9.17, 15) is 9.59 Å². The van der Waals surface area contributed by atoms with Gasteiger partial charge in [0, 0.05) is 50.9 Å². The molecule has 0 spiro atoms. The monoisotopic (exact) mass is 365 g/mol. The maximum atomic E-state index is 12.7. The number of carbonyl (C=O) groups excluding carboxylic acids is 2. The van der Waals surface area contributed by atoms with E-state index in [1.165, 1.54) is 0 Å². The summed E-state index contributed by atoms with van der Waals surface area (Å²) in [7, 11) is 1.79. The van der Waals surface area contributed by atoms with Crippen LogP contribution in [0.2, 0.25) is 0 Å². The molecule has 5 nitrogen and oxygen atoms in total. The topological polar surface area (TPSA) is 43.9 Å². The van der Waals surface area contributed by atoms with Crippen molar-refractivity contribution < 1.29 is 9.59 Å². The fraction of sp³-hybridized carbons (Fsp3) is 0.364. The molecule has 0 N–H and O–H groups in total. The molecule has 142 valence electrons. The zero-order valence-corrected chi connectivity index (χ0v) is 16.1. The molecule has 0 radical (unpaired) electrons. The summed E-state index contributed by atoms with van der Waals surface area (Å²) in [6, 6.07) is 16.9. The predicted octanol–water partition coefficient (Wildman–Crippen LogP) is 2.74. The summed E-state index contributed by atoms with van der Waals surface area (Å²) in [5.74, 6) is -0.00296. The zero-order chi connectivity index (χ0) is 19.2. The van der Waals surface area contributed by atoms with Gasteiger partial charge in [-0.25, -0.2) is 0 Å². The van der Waals surface area contributed by atoms with E-state index in [2.05, 4.69) is 11.8 Å². The molecule has 1 fully saturated rings. The van der Waals surface area contributed by atoms with Crippen molar-refractivity contribution in [2.24, 2.45) is 0 Å². The Hall–Kier alpha value is -2.66. The quantitative estimate of drug-likeness (QED) is 0.818. The highest BCUT2D eigenvalue weighted by molar-refractivity contribution is 5.97. The lowest BCUT2D eigenvalue weighted by atomic mass is 10.1. The van der Waals surface area contributed by atoms with E-state index in [1.54, 1.807) is 36.2 Å². The van der Waals surface area contributed by atoms with Gasteiger partial charge in [-0.1, -0.05) is 37.3 Å². The summed E-state index contributed by atoms with van der Waals surface area (Å²) in [5.41, 5.74) is 2.33. The number of amides is 2. The molecule has 1 aliphatic rings. The SMILES string of the molecule is CCN1CCN(C(=O)c2ccc(C(=O)N(C)Cc3ccccc3)cc2)CC1. The van der Waals surface area contributed by atoms with Gasteiger partial charge < -0.3 is 14.7 Å². The smallest absolute Gasteiger partial charge is 0.253 e. The first-order valence-electron chi connectivity index (χ1n) is 9.49. The van der Waals surface area contributed by atoms with Crippen LogP contribution in [-0.2, 0) is 6.54 Å². The number of nitrogens with zero attached hydrogens (tertiary/aromatic N) is 3. The lowest BCUT2D eigenvalue weighted by Crippen LogP contribution is -2.48. The second-order valence-corrected chi connectivity index (χ2v) is 6.95. The first-order valence-corrected chi connectivity index (χ1v) is 9.49. The van der Waals surface area contributed by atoms with Gasteiger partial charge in [0.1, 0.15) is 0 Å². The Morgan fingerprint density at radius 1 is 0.889 bits per heavy atom. The molecule has 27 heavy (non-hydrogen) atoms. The number of piperazine rings is 1. The minimum absolute atomic E-state index is 0.0439. The van der Waals surface area contributed by atoms with Crippen LogP contribution in [0.3, 0.4) is 0 Å². The number of hydrogen-bond donors (Lipinski definition) is 0. The molecule has 2 amide bonds. The van der Waals surface area contributed by atoms with Gasteiger partial charge in [-0.2, -0.15) is 0 Å². The number of rotatable bonds is 5. The van der Waals surface area contributed by atoms with Crippen LogP contribution in [0.5, 0.6) is 0 Å². The van der Waals surface area contributed by atoms with Gasteiger partial charge in [-0.3, -0.25) is 9.59 Å².